The Balaban J connectivity index is 1.50. The van der Waals surface area contributed by atoms with Crippen molar-refractivity contribution in [2.24, 2.45) is 0 Å². The Morgan fingerprint density at radius 2 is 2.18 bits per heavy atom. The van der Waals surface area contributed by atoms with Gasteiger partial charge >= 0.3 is 5.97 Å². The molecule has 2 aliphatic heterocycles. The second kappa shape index (κ2) is 7.85. The molecule has 3 N–H and O–H groups in total. The Bertz CT molecular complexity index is 969. The molecule has 2 aromatic rings. The molecule has 0 aliphatic carbocycles. The highest BCUT2D eigenvalue weighted by molar-refractivity contribution is 6.26. The SMILES string of the molecule is O=C(O)C1=C(NCCN2CCCCC2)O/C(=C\c2c[nH]c3ncccc23)C1=O. The van der Waals surface area contributed by atoms with E-state index < -0.39 is 11.8 Å². The first kappa shape index (κ1) is 18.2. The fraction of sp³-hybridized carbons (Fsp3) is 0.350. The maximum atomic E-state index is 12.6. The molecule has 0 amide bonds. The highest BCUT2D eigenvalue weighted by atomic mass is 16.5. The molecule has 0 aromatic carbocycles. The van der Waals surface area contributed by atoms with Gasteiger partial charge in [0, 0.05) is 36.4 Å². The minimum absolute atomic E-state index is 0.0115. The van der Waals surface area contributed by atoms with Gasteiger partial charge in [-0.15, -0.1) is 0 Å². The molecule has 28 heavy (non-hydrogen) atoms. The van der Waals surface area contributed by atoms with Crippen LogP contribution in [0.5, 0.6) is 0 Å². The predicted molar refractivity (Wildman–Crippen MR) is 103 cm³/mol. The maximum Gasteiger partial charge on any atom is 0.345 e. The van der Waals surface area contributed by atoms with Gasteiger partial charge < -0.3 is 25.0 Å². The standard InChI is InChI=1S/C20H22N4O4/c25-17-15(11-13-12-23-18-14(13)5-4-6-21-18)28-19(16(17)20(26)27)22-7-10-24-8-2-1-3-9-24/h4-6,11-12,22H,1-3,7-10H2,(H,21,23)(H,26,27)/b15-11-. The molecular weight excluding hydrogens is 360 g/mol. The van der Waals surface area contributed by atoms with Crippen molar-refractivity contribution in [3.8, 4) is 0 Å². The monoisotopic (exact) mass is 382 g/mol. The van der Waals surface area contributed by atoms with Crippen LogP contribution in [-0.2, 0) is 14.3 Å². The molecule has 0 unspecified atom stereocenters. The smallest absolute Gasteiger partial charge is 0.345 e. The highest BCUT2D eigenvalue weighted by Gasteiger charge is 2.35. The number of Topliss-reactive ketones (excluding diaryl/α,β-unsaturated/α-hetero) is 1. The van der Waals surface area contributed by atoms with Crippen molar-refractivity contribution in [3.63, 3.8) is 0 Å². The third-order valence-electron chi connectivity index (χ3n) is 5.04. The number of fused-ring (bicyclic) bond motifs is 1. The number of carbonyl (C=O) groups is 2. The molecule has 8 nitrogen and oxygen atoms in total. The van der Waals surface area contributed by atoms with E-state index in [-0.39, 0.29) is 17.2 Å². The van der Waals surface area contributed by atoms with Crippen LogP contribution in [0.4, 0.5) is 0 Å². The average Bonchev–Trinajstić information content (AvgIpc) is 3.24. The number of aromatic amines is 1. The van der Waals surface area contributed by atoms with Crippen molar-refractivity contribution in [3.05, 3.63) is 47.3 Å². The number of hydrogen-bond acceptors (Lipinski definition) is 6. The van der Waals surface area contributed by atoms with Crippen LogP contribution < -0.4 is 5.32 Å². The van der Waals surface area contributed by atoms with Gasteiger partial charge in [-0.25, -0.2) is 9.78 Å². The van der Waals surface area contributed by atoms with Crippen LogP contribution >= 0.6 is 0 Å². The first-order chi connectivity index (χ1) is 13.6. The topological polar surface area (TPSA) is 108 Å². The zero-order valence-electron chi connectivity index (χ0n) is 15.4. The van der Waals surface area contributed by atoms with E-state index in [1.807, 2.05) is 6.07 Å². The number of allylic oxidation sites excluding steroid dienone is 1. The molecule has 2 aromatic heterocycles. The number of aliphatic carboxylic acids is 1. The predicted octanol–water partition coefficient (Wildman–Crippen LogP) is 1.87. The summed E-state index contributed by atoms with van der Waals surface area (Å²) < 4.78 is 5.61. The number of pyridine rings is 1. The van der Waals surface area contributed by atoms with Gasteiger partial charge in [0.25, 0.3) is 0 Å². The number of ketones is 1. The number of piperidine rings is 1. The van der Waals surface area contributed by atoms with Gasteiger partial charge in [0.15, 0.2) is 11.3 Å². The summed E-state index contributed by atoms with van der Waals surface area (Å²) >= 11 is 0. The molecule has 1 saturated heterocycles. The van der Waals surface area contributed by atoms with Gasteiger partial charge in [0.1, 0.15) is 5.65 Å². The Hall–Kier alpha value is -3.13. The number of aromatic nitrogens is 2. The van der Waals surface area contributed by atoms with E-state index in [1.165, 1.54) is 19.3 Å². The number of carboxylic acids is 1. The number of H-pyrrole nitrogens is 1. The normalized spacial score (nSPS) is 19.4. The number of carboxylic acid groups (broad SMARTS) is 1. The number of rotatable bonds is 6. The minimum Gasteiger partial charge on any atom is -0.477 e. The Morgan fingerprint density at radius 1 is 1.36 bits per heavy atom. The van der Waals surface area contributed by atoms with Gasteiger partial charge in [0.05, 0.1) is 0 Å². The lowest BCUT2D eigenvalue weighted by molar-refractivity contribution is -0.134. The summed E-state index contributed by atoms with van der Waals surface area (Å²) in [5.74, 6) is -1.93. The van der Waals surface area contributed by atoms with Gasteiger partial charge in [-0.3, -0.25) is 4.79 Å². The Kier molecular flexibility index (Phi) is 5.12. The van der Waals surface area contributed by atoms with Crippen LogP contribution in [0.2, 0.25) is 0 Å². The summed E-state index contributed by atoms with van der Waals surface area (Å²) in [5, 5.41) is 13.3. The zero-order valence-corrected chi connectivity index (χ0v) is 15.4. The van der Waals surface area contributed by atoms with Crippen molar-refractivity contribution >= 4 is 28.9 Å². The van der Waals surface area contributed by atoms with E-state index >= 15 is 0 Å². The van der Waals surface area contributed by atoms with Crippen molar-refractivity contribution in [2.75, 3.05) is 26.2 Å². The number of hydrogen-bond donors (Lipinski definition) is 3. The van der Waals surface area contributed by atoms with Gasteiger partial charge in [-0.1, -0.05) is 6.42 Å². The molecule has 0 bridgehead atoms. The van der Waals surface area contributed by atoms with E-state index in [0.717, 1.165) is 25.0 Å². The van der Waals surface area contributed by atoms with Crippen LogP contribution in [-0.4, -0.2) is 57.9 Å². The lowest BCUT2D eigenvalue weighted by Gasteiger charge is -2.26. The number of likely N-dealkylation sites (tertiary alicyclic amines) is 1. The number of ether oxygens (including phenoxy) is 1. The average molecular weight is 382 g/mol. The van der Waals surface area contributed by atoms with E-state index in [0.29, 0.717) is 17.8 Å². The van der Waals surface area contributed by atoms with Crippen molar-refractivity contribution in [1.82, 2.24) is 20.2 Å². The lowest BCUT2D eigenvalue weighted by Crippen LogP contribution is -2.36. The van der Waals surface area contributed by atoms with E-state index in [1.54, 1.807) is 24.5 Å². The summed E-state index contributed by atoms with van der Waals surface area (Å²) in [7, 11) is 0. The fourth-order valence-corrected chi connectivity index (χ4v) is 3.60. The van der Waals surface area contributed by atoms with Crippen molar-refractivity contribution in [2.45, 2.75) is 19.3 Å². The van der Waals surface area contributed by atoms with Crippen LogP contribution in [0.3, 0.4) is 0 Å². The van der Waals surface area contributed by atoms with Crippen LogP contribution in [0.25, 0.3) is 17.1 Å². The van der Waals surface area contributed by atoms with E-state index in [4.69, 9.17) is 4.74 Å². The second-order valence-electron chi connectivity index (χ2n) is 6.92. The number of carbonyl (C=O) groups excluding carboxylic acids is 1. The largest absolute Gasteiger partial charge is 0.477 e. The summed E-state index contributed by atoms with van der Waals surface area (Å²) in [6, 6.07) is 3.66. The summed E-state index contributed by atoms with van der Waals surface area (Å²) in [5.41, 5.74) is 1.04. The van der Waals surface area contributed by atoms with Crippen molar-refractivity contribution < 1.29 is 19.4 Å². The number of nitrogens with one attached hydrogen (secondary N) is 2. The molecule has 0 radical (unpaired) electrons. The molecule has 0 atom stereocenters. The first-order valence-electron chi connectivity index (χ1n) is 9.43. The lowest BCUT2D eigenvalue weighted by atomic mass is 10.1. The van der Waals surface area contributed by atoms with Crippen molar-refractivity contribution in [1.29, 1.82) is 0 Å². The molecule has 8 heteroatoms. The summed E-state index contributed by atoms with van der Waals surface area (Å²) in [6.45, 7) is 3.39. The molecule has 4 heterocycles. The van der Waals surface area contributed by atoms with Crippen LogP contribution in [0, 0.1) is 0 Å². The summed E-state index contributed by atoms with van der Waals surface area (Å²) in [6.07, 6.45) is 8.55. The molecule has 2 aliphatic rings. The molecular formula is C20H22N4O4. The maximum absolute atomic E-state index is 12.6. The molecule has 146 valence electrons. The molecule has 1 fully saturated rings. The third-order valence-corrected chi connectivity index (χ3v) is 5.04. The Labute approximate surface area is 161 Å². The minimum atomic E-state index is -1.30. The summed E-state index contributed by atoms with van der Waals surface area (Å²) in [4.78, 5) is 33.7. The second-order valence-corrected chi connectivity index (χ2v) is 6.92. The number of nitrogens with zero attached hydrogens (tertiary/aromatic N) is 2. The van der Waals surface area contributed by atoms with Gasteiger partial charge in [-0.05, 0) is 44.1 Å². The Morgan fingerprint density at radius 3 is 2.96 bits per heavy atom. The third kappa shape index (κ3) is 3.63. The molecule has 0 saturated carbocycles. The highest BCUT2D eigenvalue weighted by Crippen LogP contribution is 2.27. The van der Waals surface area contributed by atoms with Crippen LogP contribution in [0.1, 0.15) is 24.8 Å². The molecule has 4 rings (SSSR count). The van der Waals surface area contributed by atoms with Crippen LogP contribution in [0.15, 0.2) is 41.7 Å². The van der Waals surface area contributed by atoms with E-state index in [9.17, 15) is 14.7 Å². The molecule has 0 spiro atoms. The van der Waals surface area contributed by atoms with Gasteiger partial charge in [-0.2, -0.15) is 0 Å². The van der Waals surface area contributed by atoms with Gasteiger partial charge in [0.2, 0.25) is 11.7 Å². The first-order valence-corrected chi connectivity index (χ1v) is 9.43. The fourth-order valence-electron chi connectivity index (χ4n) is 3.60. The zero-order chi connectivity index (χ0) is 19.5. The quantitative estimate of drug-likeness (QED) is 0.517. The van der Waals surface area contributed by atoms with E-state index in [2.05, 4.69) is 20.2 Å².